The molecule has 2 aliphatic heterocycles. The van der Waals surface area contributed by atoms with Crippen LogP contribution >= 0.6 is 0 Å². The minimum Gasteiger partial charge on any atom is -0.384 e. The van der Waals surface area contributed by atoms with E-state index in [1.54, 1.807) is 13.3 Å². The van der Waals surface area contributed by atoms with Gasteiger partial charge in [0.15, 0.2) is 0 Å². The Bertz CT molecular complexity index is 493. The van der Waals surface area contributed by atoms with E-state index in [-0.39, 0.29) is 17.7 Å². The van der Waals surface area contributed by atoms with Gasteiger partial charge < -0.3 is 19.3 Å². The zero-order valence-electron chi connectivity index (χ0n) is 12.9. The van der Waals surface area contributed by atoms with Gasteiger partial charge in [-0.05, 0) is 6.07 Å². The van der Waals surface area contributed by atoms with E-state index < -0.39 is 0 Å². The molecule has 0 unspecified atom stereocenters. The number of morpholine rings is 1. The van der Waals surface area contributed by atoms with E-state index in [4.69, 9.17) is 9.47 Å². The molecule has 3 heterocycles. The van der Waals surface area contributed by atoms with Gasteiger partial charge in [-0.3, -0.25) is 4.79 Å². The molecule has 3 rings (SSSR count). The minimum atomic E-state index is -0.0481. The van der Waals surface area contributed by atoms with Crippen molar-refractivity contribution in [3.63, 3.8) is 0 Å². The molecule has 2 atom stereocenters. The third kappa shape index (κ3) is 3.20. The van der Waals surface area contributed by atoms with Gasteiger partial charge in [-0.25, -0.2) is 9.97 Å². The first-order valence-electron chi connectivity index (χ1n) is 7.66. The van der Waals surface area contributed by atoms with Crippen molar-refractivity contribution in [2.75, 3.05) is 58.0 Å². The van der Waals surface area contributed by atoms with Crippen LogP contribution in [0.4, 0.5) is 5.82 Å². The van der Waals surface area contributed by atoms with Crippen molar-refractivity contribution in [1.29, 1.82) is 0 Å². The van der Waals surface area contributed by atoms with Gasteiger partial charge in [0.25, 0.3) is 0 Å². The Labute approximate surface area is 130 Å². The van der Waals surface area contributed by atoms with Crippen molar-refractivity contribution in [2.24, 2.45) is 11.8 Å². The summed E-state index contributed by atoms with van der Waals surface area (Å²) < 4.78 is 10.7. The van der Waals surface area contributed by atoms with Gasteiger partial charge in [0.05, 0.1) is 25.7 Å². The van der Waals surface area contributed by atoms with Gasteiger partial charge in [-0.15, -0.1) is 0 Å². The molecule has 7 nitrogen and oxygen atoms in total. The number of methoxy groups -OCH3 is 1. The van der Waals surface area contributed by atoms with Crippen LogP contribution in [0.15, 0.2) is 18.6 Å². The molecule has 0 N–H and O–H groups in total. The van der Waals surface area contributed by atoms with Crippen molar-refractivity contribution in [3.8, 4) is 0 Å². The first-order chi connectivity index (χ1) is 10.8. The Balaban J connectivity index is 1.72. The summed E-state index contributed by atoms with van der Waals surface area (Å²) in [7, 11) is 1.68. The minimum absolute atomic E-state index is 0.0481. The average molecular weight is 306 g/mol. The van der Waals surface area contributed by atoms with Gasteiger partial charge in [0.2, 0.25) is 5.91 Å². The fraction of sp³-hybridized carbons (Fsp3) is 0.667. The molecule has 1 aromatic rings. The number of hydrogen-bond donors (Lipinski definition) is 0. The molecular weight excluding hydrogens is 284 g/mol. The van der Waals surface area contributed by atoms with Gasteiger partial charge >= 0.3 is 0 Å². The number of anilines is 1. The molecule has 0 bridgehead atoms. The lowest BCUT2D eigenvalue weighted by Crippen LogP contribution is -2.46. The Morgan fingerprint density at radius 3 is 2.91 bits per heavy atom. The second-order valence-corrected chi connectivity index (χ2v) is 5.73. The van der Waals surface area contributed by atoms with Crippen molar-refractivity contribution in [2.45, 2.75) is 0 Å². The average Bonchev–Trinajstić information content (AvgIpc) is 3.00. The molecular formula is C15H22N4O3. The Morgan fingerprint density at radius 1 is 1.41 bits per heavy atom. The molecule has 120 valence electrons. The third-order valence-corrected chi connectivity index (χ3v) is 4.35. The van der Waals surface area contributed by atoms with E-state index in [1.807, 2.05) is 11.0 Å². The Hall–Kier alpha value is -1.73. The van der Waals surface area contributed by atoms with Crippen LogP contribution in [0.25, 0.3) is 0 Å². The fourth-order valence-electron chi connectivity index (χ4n) is 3.21. The standard InChI is InChI=1S/C15H22N4O3/c1-21-10-12-8-19(14-2-3-16-11-17-14)9-13(12)15(20)18-4-6-22-7-5-18/h2-3,11-13H,4-10H2,1H3/t12-,13+/m0/s1. The SMILES string of the molecule is COC[C@@H]1CN(c2ccncn2)C[C@H]1C(=O)N1CCOCC1. The summed E-state index contributed by atoms with van der Waals surface area (Å²) in [5.41, 5.74) is 0. The van der Waals surface area contributed by atoms with E-state index in [0.717, 1.165) is 12.4 Å². The maximum Gasteiger partial charge on any atom is 0.228 e. The predicted octanol–water partition coefficient (Wildman–Crippen LogP) is 0.0342. The largest absolute Gasteiger partial charge is 0.384 e. The van der Waals surface area contributed by atoms with E-state index in [0.29, 0.717) is 39.5 Å². The van der Waals surface area contributed by atoms with Gasteiger partial charge in [0, 0.05) is 45.4 Å². The highest BCUT2D eigenvalue weighted by Crippen LogP contribution is 2.29. The van der Waals surface area contributed by atoms with Crippen LogP contribution < -0.4 is 4.90 Å². The molecule has 0 radical (unpaired) electrons. The third-order valence-electron chi connectivity index (χ3n) is 4.35. The van der Waals surface area contributed by atoms with Gasteiger partial charge in [-0.2, -0.15) is 0 Å². The molecule has 2 saturated heterocycles. The first-order valence-corrected chi connectivity index (χ1v) is 7.66. The summed E-state index contributed by atoms with van der Waals surface area (Å²) in [6.45, 7) is 4.67. The quantitative estimate of drug-likeness (QED) is 0.782. The zero-order valence-corrected chi connectivity index (χ0v) is 12.9. The smallest absolute Gasteiger partial charge is 0.228 e. The zero-order chi connectivity index (χ0) is 15.4. The van der Waals surface area contributed by atoms with Crippen LogP contribution in [0, 0.1) is 11.8 Å². The van der Waals surface area contributed by atoms with Crippen LogP contribution in [-0.2, 0) is 14.3 Å². The number of carbonyl (C=O) groups excluding carboxylic acids is 1. The number of nitrogens with zero attached hydrogens (tertiary/aromatic N) is 4. The Kier molecular flexibility index (Phi) is 4.84. The molecule has 1 aromatic heterocycles. The lowest BCUT2D eigenvalue weighted by molar-refractivity contribution is -0.140. The van der Waals surface area contributed by atoms with Crippen LogP contribution in [0.1, 0.15) is 0 Å². The monoisotopic (exact) mass is 306 g/mol. The topological polar surface area (TPSA) is 67.8 Å². The molecule has 2 fully saturated rings. The summed E-state index contributed by atoms with van der Waals surface area (Å²) in [5.74, 6) is 1.22. The van der Waals surface area contributed by atoms with Gasteiger partial charge in [-0.1, -0.05) is 0 Å². The molecule has 7 heteroatoms. The first kappa shape index (κ1) is 15.2. The van der Waals surface area contributed by atoms with E-state index in [1.165, 1.54) is 6.33 Å². The molecule has 0 spiro atoms. The highest BCUT2D eigenvalue weighted by Gasteiger charge is 2.40. The van der Waals surface area contributed by atoms with Crippen molar-refractivity contribution in [3.05, 3.63) is 18.6 Å². The molecule has 1 amide bonds. The summed E-state index contributed by atoms with van der Waals surface area (Å²) in [4.78, 5) is 25.1. The normalized spacial score (nSPS) is 25.5. The molecule has 0 aliphatic carbocycles. The molecule has 0 saturated carbocycles. The summed E-state index contributed by atoms with van der Waals surface area (Å²) in [5, 5.41) is 0. The number of hydrogen-bond acceptors (Lipinski definition) is 6. The summed E-state index contributed by atoms with van der Waals surface area (Å²) in [6, 6.07) is 1.88. The van der Waals surface area contributed by atoms with Crippen molar-refractivity contribution >= 4 is 11.7 Å². The number of aromatic nitrogens is 2. The van der Waals surface area contributed by atoms with E-state index in [9.17, 15) is 4.79 Å². The maximum absolute atomic E-state index is 12.8. The molecule has 2 aliphatic rings. The number of carbonyl (C=O) groups is 1. The summed E-state index contributed by atoms with van der Waals surface area (Å²) >= 11 is 0. The van der Waals surface area contributed by atoms with E-state index in [2.05, 4.69) is 14.9 Å². The number of rotatable bonds is 4. The summed E-state index contributed by atoms with van der Waals surface area (Å²) in [6.07, 6.45) is 3.27. The lowest BCUT2D eigenvalue weighted by Gasteiger charge is -2.30. The lowest BCUT2D eigenvalue weighted by atomic mass is 9.95. The molecule has 22 heavy (non-hydrogen) atoms. The van der Waals surface area contributed by atoms with Crippen LogP contribution in [0.5, 0.6) is 0 Å². The van der Waals surface area contributed by atoms with E-state index >= 15 is 0 Å². The Morgan fingerprint density at radius 2 is 2.23 bits per heavy atom. The van der Waals surface area contributed by atoms with Gasteiger partial charge in [0.1, 0.15) is 12.1 Å². The van der Waals surface area contributed by atoms with Crippen molar-refractivity contribution in [1.82, 2.24) is 14.9 Å². The second-order valence-electron chi connectivity index (χ2n) is 5.73. The maximum atomic E-state index is 12.8. The molecule has 0 aromatic carbocycles. The van der Waals surface area contributed by atoms with Crippen molar-refractivity contribution < 1.29 is 14.3 Å². The van der Waals surface area contributed by atoms with Crippen LogP contribution in [0.2, 0.25) is 0 Å². The number of amides is 1. The number of ether oxygens (including phenoxy) is 2. The van der Waals surface area contributed by atoms with Crippen LogP contribution in [-0.4, -0.2) is 73.9 Å². The second kappa shape index (κ2) is 7.02. The predicted molar refractivity (Wildman–Crippen MR) is 80.5 cm³/mol. The highest BCUT2D eigenvalue weighted by atomic mass is 16.5. The van der Waals surface area contributed by atoms with Crippen LogP contribution in [0.3, 0.4) is 0 Å². The fourth-order valence-corrected chi connectivity index (χ4v) is 3.21. The highest BCUT2D eigenvalue weighted by molar-refractivity contribution is 5.80.